The van der Waals surface area contributed by atoms with Crippen LogP contribution in [0.3, 0.4) is 0 Å². The molecule has 2 N–H and O–H groups in total. The molecule has 2 unspecified atom stereocenters. The Hall–Kier alpha value is -1.44. The van der Waals surface area contributed by atoms with E-state index in [-0.39, 0.29) is 11.6 Å². The molecule has 0 radical (unpaired) electrons. The zero-order chi connectivity index (χ0) is 21.3. The van der Waals surface area contributed by atoms with Gasteiger partial charge in [-0.15, -0.1) is 11.3 Å². The molecule has 0 saturated heterocycles. The van der Waals surface area contributed by atoms with Crippen LogP contribution in [0.15, 0.2) is 4.79 Å². The summed E-state index contributed by atoms with van der Waals surface area (Å²) in [5, 5.41) is 21.1. The number of thiophene rings is 1. The number of fused-ring (bicyclic) bond motifs is 3. The first-order valence-corrected chi connectivity index (χ1v) is 12.4. The minimum Gasteiger partial charge on any atom is -0.392 e. The van der Waals surface area contributed by atoms with Gasteiger partial charge in [0.15, 0.2) is 0 Å². The highest BCUT2D eigenvalue weighted by Gasteiger charge is 2.28. The number of hydrogen-bond acceptors (Lipinski definition) is 6. The number of rotatable bonds is 6. The lowest BCUT2D eigenvalue weighted by atomic mass is 9.95. The normalized spacial score (nSPS) is 20.0. The first-order valence-electron chi connectivity index (χ1n) is 11.6. The van der Waals surface area contributed by atoms with E-state index in [4.69, 9.17) is 4.98 Å². The van der Waals surface area contributed by atoms with E-state index in [0.717, 1.165) is 55.2 Å². The maximum atomic E-state index is 13.9. The summed E-state index contributed by atoms with van der Waals surface area (Å²) in [5.41, 5.74) is 1.32. The van der Waals surface area contributed by atoms with E-state index in [1.54, 1.807) is 25.2 Å². The Morgan fingerprint density at radius 2 is 1.67 bits per heavy atom. The number of aliphatic hydroxyl groups excluding tert-OH is 2. The zero-order valence-electron chi connectivity index (χ0n) is 18.3. The maximum absolute atomic E-state index is 13.9. The number of nitrogens with zero attached hydrogens (tertiary/aromatic N) is 3. The second-order valence-corrected chi connectivity index (χ2v) is 10.3. The Labute approximate surface area is 182 Å². The van der Waals surface area contributed by atoms with Crippen LogP contribution in [0, 0.1) is 0 Å². The third-order valence-corrected chi connectivity index (χ3v) is 7.63. The molecule has 0 aromatic carbocycles. The van der Waals surface area contributed by atoms with Gasteiger partial charge >= 0.3 is 0 Å². The topological polar surface area (TPSA) is 78.6 Å². The minimum absolute atomic E-state index is 0.0856. The van der Waals surface area contributed by atoms with Crippen molar-refractivity contribution in [2.24, 2.45) is 0 Å². The summed E-state index contributed by atoms with van der Waals surface area (Å²) in [5.74, 6) is 0.623. The quantitative estimate of drug-likeness (QED) is 0.678. The number of aryl methyl sites for hydroxylation is 2. The molecule has 2 heterocycles. The van der Waals surface area contributed by atoms with Crippen molar-refractivity contribution in [2.75, 3.05) is 18.0 Å². The molecule has 0 spiro atoms. The summed E-state index contributed by atoms with van der Waals surface area (Å²) < 4.78 is 1.92. The second-order valence-electron chi connectivity index (χ2n) is 9.23. The van der Waals surface area contributed by atoms with Crippen LogP contribution in [0.25, 0.3) is 10.2 Å². The van der Waals surface area contributed by atoms with Crippen molar-refractivity contribution in [3.63, 3.8) is 0 Å². The SMILES string of the molecule is CC(O)CN(CC(C)O)c1nc2sc3c(c2c(=O)n1C1CCCCC1)CCCCC3. The van der Waals surface area contributed by atoms with Gasteiger partial charge in [0, 0.05) is 24.0 Å². The minimum atomic E-state index is -0.573. The van der Waals surface area contributed by atoms with Crippen LogP contribution >= 0.6 is 11.3 Å². The highest BCUT2D eigenvalue weighted by Crippen LogP contribution is 2.36. The monoisotopic (exact) mass is 433 g/mol. The lowest BCUT2D eigenvalue weighted by Gasteiger charge is -2.32. The fraction of sp³-hybridized carbons (Fsp3) is 0.739. The van der Waals surface area contributed by atoms with Gasteiger partial charge in [-0.2, -0.15) is 0 Å². The van der Waals surface area contributed by atoms with Crippen LogP contribution in [0.4, 0.5) is 5.95 Å². The summed E-state index contributed by atoms with van der Waals surface area (Å²) in [6.07, 6.45) is 9.86. The molecule has 0 amide bonds. The van der Waals surface area contributed by atoms with Crippen molar-refractivity contribution in [1.82, 2.24) is 9.55 Å². The van der Waals surface area contributed by atoms with E-state index >= 15 is 0 Å². The van der Waals surface area contributed by atoms with Crippen LogP contribution in [0.1, 0.15) is 81.7 Å². The molecular formula is C23H35N3O3S. The predicted octanol–water partition coefficient (Wildman–Crippen LogP) is 3.80. The maximum Gasteiger partial charge on any atom is 0.264 e. The number of hydrogen-bond donors (Lipinski definition) is 2. The molecule has 1 saturated carbocycles. The average molecular weight is 434 g/mol. The molecule has 166 valence electrons. The van der Waals surface area contributed by atoms with E-state index in [1.807, 2.05) is 9.47 Å². The molecule has 2 aliphatic carbocycles. The summed E-state index contributed by atoms with van der Waals surface area (Å²) in [7, 11) is 0. The lowest BCUT2D eigenvalue weighted by Crippen LogP contribution is -2.42. The van der Waals surface area contributed by atoms with E-state index in [9.17, 15) is 15.0 Å². The van der Waals surface area contributed by atoms with Crippen LogP contribution < -0.4 is 10.5 Å². The summed E-state index contributed by atoms with van der Waals surface area (Å²) in [6.45, 7) is 4.18. The van der Waals surface area contributed by atoms with E-state index < -0.39 is 12.2 Å². The van der Waals surface area contributed by atoms with E-state index in [2.05, 4.69) is 0 Å². The smallest absolute Gasteiger partial charge is 0.264 e. The van der Waals surface area contributed by atoms with Crippen LogP contribution in [-0.4, -0.2) is 45.1 Å². The molecule has 0 aliphatic heterocycles. The Morgan fingerprint density at radius 3 is 2.33 bits per heavy atom. The molecular weight excluding hydrogens is 398 g/mol. The van der Waals surface area contributed by atoms with Gasteiger partial charge in [-0.3, -0.25) is 9.36 Å². The third-order valence-electron chi connectivity index (χ3n) is 6.44. The Morgan fingerprint density at radius 1 is 1.03 bits per heavy atom. The molecule has 0 bridgehead atoms. The fourth-order valence-corrected chi connectivity index (χ4v) is 6.40. The van der Waals surface area contributed by atoms with Crippen molar-refractivity contribution >= 4 is 27.5 Å². The third kappa shape index (κ3) is 4.43. The molecule has 6 nitrogen and oxygen atoms in total. The van der Waals surface area contributed by atoms with E-state index in [1.165, 1.54) is 29.7 Å². The molecule has 2 aliphatic rings. The van der Waals surface area contributed by atoms with Crippen molar-refractivity contribution in [2.45, 2.75) is 96.3 Å². The van der Waals surface area contributed by atoms with Crippen LogP contribution in [-0.2, 0) is 12.8 Å². The highest BCUT2D eigenvalue weighted by atomic mass is 32.1. The van der Waals surface area contributed by atoms with Crippen LogP contribution in [0.2, 0.25) is 0 Å². The molecule has 7 heteroatoms. The van der Waals surface area contributed by atoms with E-state index in [0.29, 0.717) is 19.0 Å². The summed E-state index contributed by atoms with van der Waals surface area (Å²) >= 11 is 1.68. The van der Waals surface area contributed by atoms with Crippen LogP contribution in [0.5, 0.6) is 0 Å². The van der Waals surface area contributed by atoms with Crippen molar-refractivity contribution in [3.05, 3.63) is 20.8 Å². The molecule has 2 aromatic heterocycles. The molecule has 1 fully saturated rings. The zero-order valence-corrected chi connectivity index (χ0v) is 19.1. The van der Waals surface area contributed by atoms with Gasteiger partial charge in [0.1, 0.15) is 4.83 Å². The average Bonchev–Trinajstić information content (AvgIpc) is 2.89. The van der Waals surface area contributed by atoms with Gasteiger partial charge in [0.25, 0.3) is 5.56 Å². The van der Waals surface area contributed by atoms with Crippen molar-refractivity contribution < 1.29 is 10.2 Å². The molecule has 2 atom stereocenters. The van der Waals surface area contributed by atoms with Gasteiger partial charge < -0.3 is 15.1 Å². The summed E-state index contributed by atoms with van der Waals surface area (Å²) in [6, 6.07) is 0.143. The highest BCUT2D eigenvalue weighted by molar-refractivity contribution is 7.18. The van der Waals surface area contributed by atoms with Gasteiger partial charge in [0.05, 0.1) is 17.6 Å². The van der Waals surface area contributed by atoms with Gasteiger partial charge in [-0.25, -0.2) is 4.98 Å². The largest absolute Gasteiger partial charge is 0.392 e. The Bertz CT molecular complexity index is 918. The van der Waals surface area contributed by atoms with Crippen molar-refractivity contribution in [3.8, 4) is 0 Å². The molecule has 30 heavy (non-hydrogen) atoms. The fourth-order valence-electron chi connectivity index (χ4n) is 5.15. The van der Waals surface area contributed by atoms with Gasteiger partial charge in [0.2, 0.25) is 5.95 Å². The Kier molecular flexibility index (Phi) is 6.80. The first-order chi connectivity index (χ1) is 14.5. The summed E-state index contributed by atoms with van der Waals surface area (Å²) in [4.78, 5) is 23.1. The van der Waals surface area contributed by atoms with Crippen molar-refractivity contribution in [1.29, 1.82) is 0 Å². The number of anilines is 1. The lowest BCUT2D eigenvalue weighted by molar-refractivity contribution is 0.176. The number of aliphatic hydroxyl groups is 2. The first kappa shape index (κ1) is 21.8. The molecule has 2 aromatic rings. The molecule has 4 rings (SSSR count). The van der Waals surface area contributed by atoms with Gasteiger partial charge in [-0.1, -0.05) is 25.7 Å². The second kappa shape index (κ2) is 9.37. The Balaban J connectivity index is 1.91. The predicted molar refractivity (Wildman–Crippen MR) is 123 cm³/mol. The number of aromatic nitrogens is 2. The standard InChI is InChI=1S/C23H35N3O3S/c1-15(27)13-25(14-16(2)28)23-24-21-20(18-11-7-4-8-12-19(18)30-21)22(29)26(23)17-9-5-3-6-10-17/h15-17,27-28H,3-14H2,1-2H3. The van der Waals surface area contributed by atoms with Gasteiger partial charge in [-0.05, 0) is 57.9 Å².